The average molecular weight is 381 g/mol. The first-order chi connectivity index (χ1) is 13.2. The summed E-state index contributed by atoms with van der Waals surface area (Å²) >= 11 is 0. The molecule has 2 rings (SSSR count). The summed E-state index contributed by atoms with van der Waals surface area (Å²) in [4.78, 5) is 20.7. The average Bonchev–Trinajstić information content (AvgIpc) is 2.65. The highest BCUT2D eigenvalue weighted by Crippen LogP contribution is 2.22. The van der Waals surface area contributed by atoms with Gasteiger partial charge >= 0.3 is 0 Å². The van der Waals surface area contributed by atoms with E-state index in [0.29, 0.717) is 28.3 Å². The van der Waals surface area contributed by atoms with E-state index in [1.165, 1.54) is 12.5 Å². The van der Waals surface area contributed by atoms with Gasteiger partial charge in [-0.3, -0.25) is 4.79 Å². The normalized spacial score (nSPS) is 12.7. The number of aromatic nitrogens is 2. The van der Waals surface area contributed by atoms with Gasteiger partial charge in [0.1, 0.15) is 12.1 Å². The van der Waals surface area contributed by atoms with E-state index in [0.717, 1.165) is 5.56 Å². The number of amides is 1. The molecule has 0 radical (unpaired) electrons. The van der Waals surface area contributed by atoms with Crippen LogP contribution >= 0.6 is 0 Å². The molecular weight excluding hydrogens is 354 g/mol. The van der Waals surface area contributed by atoms with Gasteiger partial charge in [-0.15, -0.1) is 0 Å². The SMILES string of the molecule is COC/C(=C\C(=C/N)c1cc(N)ncn1)NC(=O)c1ccc(C(C)(C)C)cc1. The number of nitrogens with zero attached hydrogens (tertiary/aromatic N) is 2. The van der Waals surface area contributed by atoms with Crippen molar-refractivity contribution >= 4 is 17.3 Å². The second-order valence-electron chi connectivity index (χ2n) is 7.33. The Morgan fingerprint density at radius 1 is 1.21 bits per heavy atom. The molecule has 2 aromatic rings. The lowest BCUT2D eigenvalue weighted by Gasteiger charge is -2.19. The molecule has 0 aliphatic heterocycles. The number of hydrogen-bond donors (Lipinski definition) is 3. The smallest absolute Gasteiger partial charge is 0.255 e. The molecule has 0 aliphatic carbocycles. The Morgan fingerprint density at radius 2 is 1.89 bits per heavy atom. The lowest BCUT2D eigenvalue weighted by Crippen LogP contribution is -2.25. The molecule has 0 unspecified atom stereocenters. The number of anilines is 1. The van der Waals surface area contributed by atoms with Gasteiger partial charge in [-0.1, -0.05) is 32.9 Å². The highest BCUT2D eigenvalue weighted by atomic mass is 16.5. The van der Waals surface area contributed by atoms with Crippen LogP contribution in [0, 0.1) is 0 Å². The van der Waals surface area contributed by atoms with E-state index in [1.54, 1.807) is 19.3 Å². The van der Waals surface area contributed by atoms with Crippen LogP contribution in [0.2, 0.25) is 0 Å². The number of ether oxygens (including phenoxy) is 1. The zero-order valence-electron chi connectivity index (χ0n) is 16.7. The third kappa shape index (κ3) is 5.65. The van der Waals surface area contributed by atoms with Gasteiger partial charge in [0.2, 0.25) is 0 Å². The second-order valence-corrected chi connectivity index (χ2v) is 7.33. The molecule has 148 valence electrons. The third-order valence-corrected chi connectivity index (χ3v) is 4.08. The van der Waals surface area contributed by atoms with Crippen LogP contribution < -0.4 is 16.8 Å². The van der Waals surface area contributed by atoms with Crippen LogP contribution in [0.1, 0.15) is 42.4 Å². The molecule has 0 bridgehead atoms. The van der Waals surface area contributed by atoms with Crippen molar-refractivity contribution in [1.29, 1.82) is 0 Å². The maximum Gasteiger partial charge on any atom is 0.255 e. The molecule has 0 saturated heterocycles. The van der Waals surface area contributed by atoms with Crippen molar-refractivity contribution in [1.82, 2.24) is 15.3 Å². The summed E-state index contributed by atoms with van der Waals surface area (Å²) in [5.41, 5.74) is 14.9. The molecule has 0 atom stereocenters. The quantitative estimate of drug-likeness (QED) is 0.662. The van der Waals surface area contributed by atoms with Gasteiger partial charge in [0.05, 0.1) is 12.3 Å². The first-order valence-corrected chi connectivity index (χ1v) is 8.85. The molecule has 28 heavy (non-hydrogen) atoms. The molecule has 1 aromatic carbocycles. The van der Waals surface area contributed by atoms with Crippen molar-refractivity contribution in [2.24, 2.45) is 5.73 Å². The first kappa shape index (κ1) is 21.1. The van der Waals surface area contributed by atoms with Crippen molar-refractivity contribution in [3.8, 4) is 0 Å². The molecule has 1 heterocycles. The molecule has 7 nitrogen and oxygen atoms in total. The van der Waals surface area contributed by atoms with E-state index in [-0.39, 0.29) is 17.9 Å². The van der Waals surface area contributed by atoms with Crippen molar-refractivity contribution in [2.45, 2.75) is 26.2 Å². The minimum Gasteiger partial charge on any atom is -0.404 e. The minimum atomic E-state index is -0.234. The topological polar surface area (TPSA) is 116 Å². The van der Waals surface area contributed by atoms with Crippen molar-refractivity contribution in [3.05, 3.63) is 71.5 Å². The Bertz CT molecular complexity index is 880. The number of nitrogens with one attached hydrogen (secondary N) is 1. The summed E-state index contributed by atoms with van der Waals surface area (Å²) in [7, 11) is 1.55. The summed E-state index contributed by atoms with van der Waals surface area (Å²) in [6.07, 6.45) is 4.45. The Kier molecular flexibility index (Phi) is 6.89. The summed E-state index contributed by atoms with van der Waals surface area (Å²) in [5, 5.41) is 2.87. The predicted octanol–water partition coefficient (Wildman–Crippen LogP) is 2.62. The number of carbonyl (C=O) groups excluding carboxylic acids is 1. The minimum absolute atomic E-state index is 0.0241. The van der Waals surface area contributed by atoms with E-state index in [1.807, 2.05) is 24.3 Å². The van der Waals surface area contributed by atoms with Crippen molar-refractivity contribution in [3.63, 3.8) is 0 Å². The van der Waals surface area contributed by atoms with Crippen molar-refractivity contribution in [2.75, 3.05) is 19.5 Å². The monoisotopic (exact) mass is 381 g/mol. The van der Waals surface area contributed by atoms with E-state index in [9.17, 15) is 4.79 Å². The molecule has 5 N–H and O–H groups in total. The summed E-state index contributed by atoms with van der Waals surface area (Å²) in [6.45, 7) is 6.58. The van der Waals surface area contributed by atoms with Crippen molar-refractivity contribution < 1.29 is 9.53 Å². The molecular formula is C21H27N5O2. The molecule has 1 aromatic heterocycles. The first-order valence-electron chi connectivity index (χ1n) is 8.85. The molecule has 0 saturated carbocycles. The van der Waals surface area contributed by atoms with E-state index in [2.05, 4.69) is 36.1 Å². The number of nitrogen functional groups attached to an aromatic ring is 1. The molecule has 0 fully saturated rings. The van der Waals surface area contributed by atoms with Crippen LogP contribution in [0.4, 0.5) is 5.82 Å². The molecule has 1 amide bonds. The number of allylic oxidation sites excluding steroid dienone is 2. The summed E-state index contributed by atoms with van der Waals surface area (Å²) < 4.78 is 5.20. The van der Waals surface area contributed by atoms with E-state index >= 15 is 0 Å². The predicted molar refractivity (Wildman–Crippen MR) is 111 cm³/mol. The zero-order chi connectivity index (χ0) is 20.7. The number of nitrogens with two attached hydrogens (primary N) is 2. The summed E-state index contributed by atoms with van der Waals surface area (Å²) in [5.74, 6) is 0.0938. The van der Waals surface area contributed by atoms with E-state index in [4.69, 9.17) is 16.2 Å². The Balaban J connectivity index is 2.23. The number of benzene rings is 1. The van der Waals surface area contributed by atoms with Gasteiger partial charge in [0, 0.05) is 36.2 Å². The van der Waals surface area contributed by atoms with Crippen LogP contribution in [0.25, 0.3) is 5.57 Å². The Morgan fingerprint density at radius 3 is 2.43 bits per heavy atom. The third-order valence-electron chi connectivity index (χ3n) is 4.08. The van der Waals surface area contributed by atoms with Gasteiger partial charge < -0.3 is 21.5 Å². The number of rotatable bonds is 6. The highest BCUT2D eigenvalue weighted by molar-refractivity contribution is 5.95. The Hall–Kier alpha value is -3.19. The van der Waals surface area contributed by atoms with Crippen LogP contribution in [0.5, 0.6) is 0 Å². The van der Waals surface area contributed by atoms with Crippen LogP contribution in [0.15, 0.2) is 54.6 Å². The fraction of sp³-hybridized carbons (Fsp3) is 0.286. The van der Waals surface area contributed by atoms with Crippen LogP contribution in [0.3, 0.4) is 0 Å². The largest absolute Gasteiger partial charge is 0.404 e. The highest BCUT2D eigenvalue weighted by Gasteiger charge is 2.15. The lowest BCUT2D eigenvalue weighted by atomic mass is 9.87. The number of hydrogen-bond acceptors (Lipinski definition) is 6. The lowest BCUT2D eigenvalue weighted by molar-refractivity contribution is 0.0956. The zero-order valence-corrected chi connectivity index (χ0v) is 16.7. The van der Waals surface area contributed by atoms with Gasteiger partial charge in [-0.25, -0.2) is 9.97 Å². The second kappa shape index (κ2) is 9.14. The van der Waals surface area contributed by atoms with Gasteiger partial charge in [0.15, 0.2) is 0 Å². The van der Waals surface area contributed by atoms with Crippen LogP contribution in [-0.4, -0.2) is 29.6 Å². The van der Waals surface area contributed by atoms with Gasteiger partial charge in [-0.2, -0.15) is 0 Å². The van der Waals surface area contributed by atoms with E-state index < -0.39 is 0 Å². The number of methoxy groups -OCH3 is 1. The van der Waals surface area contributed by atoms with Gasteiger partial charge in [-0.05, 0) is 29.2 Å². The standard InChI is InChI=1S/C21H27N5O2/c1-21(2,3)16-7-5-14(6-8-16)20(27)26-17(12-28-4)9-15(11-22)18-10-19(23)25-13-24-18/h5-11,13H,12,22H2,1-4H3,(H,26,27)(H2,23,24,25)/b15-11+,17-9+. The molecule has 7 heteroatoms. The van der Waals surface area contributed by atoms with Gasteiger partial charge in [0.25, 0.3) is 5.91 Å². The fourth-order valence-corrected chi connectivity index (χ4v) is 2.53. The maximum absolute atomic E-state index is 12.6. The molecule has 0 aliphatic rings. The summed E-state index contributed by atoms with van der Waals surface area (Å²) in [6, 6.07) is 9.15. The number of carbonyl (C=O) groups is 1. The maximum atomic E-state index is 12.6. The molecule has 0 spiro atoms. The van der Waals surface area contributed by atoms with Crippen LogP contribution in [-0.2, 0) is 10.2 Å². The Labute approximate surface area is 165 Å². The fourth-order valence-electron chi connectivity index (χ4n) is 2.53.